The van der Waals surface area contributed by atoms with Crippen LogP contribution in [-0.4, -0.2) is 107 Å². The number of amides is 2. The number of aliphatic hydroxyl groups excluding tert-OH is 2. The van der Waals surface area contributed by atoms with Gasteiger partial charge in [0.05, 0.1) is 35.3 Å². The van der Waals surface area contributed by atoms with Crippen molar-refractivity contribution in [1.29, 1.82) is 0 Å². The summed E-state index contributed by atoms with van der Waals surface area (Å²) in [5.74, 6) is -0.286. The number of carbonyl (C=O) groups is 2. The number of fused-ring (bicyclic) bond motifs is 1. The minimum atomic E-state index is -0.699. The van der Waals surface area contributed by atoms with Crippen molar-refractivity contribution in [2.75, 3.05) is 52.5 Å². The zero-order valence-corrected chi connectivity index (χ0v) is 21.3. The van der Waals surface area contributed by atoms with Crippen LogP contribution in [0.15, 0.2) is 18.2 Å². The van der Waals surface area contributed by atoms with Crippen LogP contribution in [0.4, 0.5) is 0 Å². The number of β-amino-alcohol motifs (C(OH)–C–C–N with tert-alkyl or cyclic N) is 1. The van der Waals surface area contributed by atoms with Gasteiger partial charge in [-0.2, -0.15) is 0 Å². The molecule has 2 aliphatic heterocycles. The second-order valence-electron chi connectivity index (χ2n) is 9.78. The molecule has 35 heavy (non-hydrogen) atoms. The highest BCUT2D eigenvalue weighted by molar-refractivity contribution is 6.42. The van der Waals surface area contributed by atoms with Gasteiger partial charge in [0.25, 0.3) is 0 Å². The van der Waals surface area contributed by atoms with E-state index in [9.17, 15) is 14.7 Å². The molecule has 4 rings (SSSR count). The Balaban J connectivity index is 1.25. The number of carbonyl (C=O) groups excluding carboxylic acids is 2. The van der Waals surface area contributed by atoms with E-state index in [2.05, 4.69) is 20.4 Å². The van der Waals surface area contributed by atoms with Crippen molar-refractivity contribution in [2.24, 2.45) is 5.92 Å². The molecule has 2 amide bonds. The molecule has 11 heteroatoms. The lowest BCUT2D eigenvalue weighted by Gasteiger charge is -2.47. The normalized spacial score (nSPS) is 26.9. The first-order valence-corrected chi connectivity index (χ1v) is 13.1. The third kappa shape index (κ3) is 6.85. The number of halogens is 2. The van der Waals surface area contributed by atoms with E-state index >= 15 is 0 Å². The Bertz CT molecular complexity index is 899. The first-order chi connectivity index (χ1) is 16.8. The number of hydrogen-bond acceptors (Lipinski definition) is 7. The second-order valence-corrected chi connectivity index (χ2v) is 10.6. The summed E-state index contributed by atoms with van der Waals surface area (Å²) in [5, 5.41) is 26.0. The Kier molecular flexibility index (Phi) is 9.26. The Labute approximate surface area is 216 Å². The highest BCUT2D eigenvalue weighted by Gasteiger charge is 2.42. The maximum Gasteiger partial charge on any atom is 0.239 e. The van der Waals surface area contributed by atoms with E-state index in [-0.39, 0.29) is 36.9 Å². The molecule has 4 N–H and O–H groups in total. The number of benzene rings is 1. The van der Waals surface area contributed by atoms with E-state index in [0.29, 0.717) is 35.8 Å². The molecule has 1 aliphatic carbocycles. The van der Waals surface area contributed by atoms with Gasteiger partial charge in [0.15, 0.2) is 0 Å². The van der Waals surface area contributed by atoms with Crippen LogP contribution in [0.25, 0.3) is 0 Å². The fourth-order valence-corrected chi connectivity index (χ4v) is 5.74. The molecule has 1 aromatic rings. The van der Waals surface area contributed by atoms with E-state index in [1.54, 1.807) is 17.0 Å². The maximum atomic E-state index is 13.3. The molecule has 0 spiro atoms. The lowest BCUT2D eigenvalue weighted by atomic mass is 9.79. The highest BCUT2D eigenvalue weighted by atomic mass is 35.5. The zero-order chi connectivity index (χ0) is 24.9. The van der Waals surface area contributed by atoms with E-state index in [1.165, 1.54) is 0 Å². The van der Waals surface area contributed by atoms with Gasteiger partial charge in [-0.3, -0.25) is 24.7 Å². The first-order valence-electron chi connectivity index (χ1n) is 12.3. The highest BCUT2D eigenvalue weighted by Crippen LogP contribution is 2.32. The summed E-state index contributed by atoms with van der Waals surface area (Å²) in [6.07, 6.45) is 2.08. The lowest BCUT2D eigenvalue weighted by Crippen LogP contribution is -2.62. The molecule has 1 saturated carbocycles. The minimum absolute atomic E-state index is 0.0207. The molecule has 194 valence electrons. The summed E-state index contributed by atoms with van der Waals surface area (Å²) in [7, 11) is 0. The van der Waals surface area contributed by atoms with Crippen molar-refractivity contribution in [3.63, 3.8) is 0 Å². The minimum Gasteiger partial charge on any atom is -0.394 e. The predicted octanol–water partition coefficient (Wildman–Crippen LogP) is 0.507. The summed E-state index contributed by atoms with van der Waals surface area (Å²) in [4.78, 5) is 32.1. The third-order valence-electron chi connectivity index (χ3n) is 7.41. The number of nitrogens with zero attached hydrogens (tertiary/aromatic N) is 3. The molecule has 0 radical (unpaired) electrons. The molecular weight excluding hydrogens is 493 g/mol. The van der Waals surface area contributed by atoms with Gasteiger partial charge in [-0.15, -0.1) is 0 Å². The van der Waals surface area contributed by atoms with Crippen molar-refractivity contribution < 1.29 is 19.8 Å². The fourth-order valence-electron chi connectivity index (χ4n) is 5.42. The van der Waals surface area contributed by atoms with E-state index in [4.69, 9.17) is 28.3 Å². The van der Waals surface area contributed by atoms with Crippen molar-refractivity contribution >= 4 is 35.0 Å². The van der Waals surface area contributed by atoms with Crippen LogP contribution in [0, 0.1) is 5.92 Å². The Morgan fingerprint density at radius 2 is 1.94 bits per heavy atom. The quantitative estimate of drug-likeness (QED) is 0.390. The average Bonchev–Trinajstić information content (AvgIpc) is 2.86. The summed E-state index contributed by atoms with van der Waals surface area (Å²) in [5.41, 5.74) is 0.844. The van der Waals surface area contributed by atoms with Crippen molar-refractivity contribution in [2.45, 2.75) is 44.0 Å². The van der Waals surface area contributed by atoms with Crippen molar-refractivity contribution in [3.8, 4) is 0 Å². The largest absolute Gasteiger partial charge is 0.394 e. The monoisotopic (exact) mass is 527 g/mol. The molecule has 3 aliphatic rings. The van der Waals surface area contributed by atoms with Crippen LogP contribution in [0.3, 0.4) is 0 Å². The molecule has 9 nitrogen and oxygen atoms in total. The SMILES string of the molecule is O=C(CN1CNC2CCC(N3CCN(CC(O)CO)CC3)CC2C1=O)NCc1ccc(Cl)c(Cl)c1. The van der Waals surface area contributed by atoms with E-state index < -0.39 is 6.10 Å². The summed E-state index contributed by atoms with van der Waals surface area (Å²) in [6, 6.07) is 5.73. The number of nitrogens with one attached hydrogen (secondary N) is 2. The van der Waals surface area contributed by atoms with Crippen molar-refractivity contribution in [1.82, 2.24) is 25.3 Å². The number of hydrogen-bond donors (Lipinski definition) is 4. The molecule has 4 atom stereocenters. The number of rotatable bonds is 8. The summed E-state index contributed by atoms with van der Waals surface area (Å²) >= 11 is 12.0. The van der Waals surface area contributed by atoms with Crippen LogP contribution in [0.2, 0.25) is 10.0 Å². The first kappa shape index (κ1) is 26.6. The molecule has 2 heterocycles. The van der Waals surface area contributed by atoms with Crippen LogP contribution < -0.4 is 10.6 Å². The molecule has 4 unspecified atom stereocenters. The predicted molar refractivity (Wildman–Crippen MR) is 134 cm³/mol. The fraction of sp³-hybridized carbons (Fsp3) is 0.667. The number of piperazine rings is 1. The zero-order valence-electron chi connectivity index (χ0n) is 19.8. The van der Waals surface area contributed by atoms with Crippen LogP contribution in [0.5, 0.6) is 0 Å². The molecule has 3 fully saturated rings. The molecule has 1 aromatic carbocycles. The molecule has 0 bridgehead atoms. The van der Waals surface area contributed by atoms with Gasteiger partial charge < -0.3 is 20.4 Å². The van der Waals surface area contributed by atoms with Gasteiger partial charge in [-0.1, -0.05) is 29.3 Å². The molecule has 0 aromatic heterocycles. The smallest absolute Gasteiger partial charge is 0.239 e. The molecule has 2 saturated heterocycles. The summed E-state index contributed by atoms with van der Waals surface area (Å²) < 4.78 is 0. The van der Waals surface area contributed by atoms with Gasteiger partial charge >= 0.3 is 0 Å². The van der Waals surface area contributed by atoms with E-state index in [0.717, 1.165) is 51.0 Å². The lowest BCUT2D eigenvalue weighted by molar-refractivity contribution is -0.146. The van der Waals surface area contributed by atoms with Crippen LogP contribution in [-0.2, 0) is 16.1 Å². The van der Waals surface area contributed by atoms with Gasteiger partial charge in [0, 0.05) is 51.4 Å². The van der Waals surface area contributed by atoms with Gasteiger partial charge in [0.2, 0.25) is 11.8 Å². The van der Waals surface area contributed by atoms with Crippen LogP contribution >= 0.6 is 23.2 Å². The molecular formula is C24H35Cl2N5O4. The maximum absolute atomic E-state index is 13.3. The Morgan fingerprint density at radius 1 is 1.17 bits per heavy atom. The third-order valence-corrected chi connectivity index (χ3v) is 8.15. The second kappa shape index (κ2) is 12.2. The Hall–Kier alpha value is -1.46. The van der Waals surface area contributed by atoms with E-state index in [1.807, 2.05) is 6.07 Å². The standard InChI is InChI=1S/C24H35Cl2N5O4/c25-20-3-1-16(9-21(20)26)11-27-23(34)13-31-15-28-22-4-2-17(10-19(22)24(31)35)30-7-5-29(6-8-30)12-18(33)14-32/h1,3,9,17-19,22,28,32-33H,2,4-8,10-15H2,(H,27,34). The summed E-state index contributed by atoms with van der Waals surface area (Å²) in [6.45, 7) is 4.47. The Morgan fingerprint density at radius 3 is 2.66 bits per heavy atom. The van der Waals surface area contributed by atoms with Crippen LogP contribution in [0.1, 0.15) is 24.8 Å². The number of aliphatic hydroxyl groups is 2. The van der Waals surface area contributed by atoms with Crippen molar-refractivity contribution in [3.05, 3.63) is 33.8 Å². The average molecular weight is 528 g/mol. The van der Waals surface area contributed by atoms with Gasteiger partial charge in [-0.25, -0.2) is 0 Å². The topological polar surface area (TPSA) is 108 Å². The van der Waals surface area contributed by atoms with Gasteiger partial charge in [-0.05, 0) is 37.0 Å². The van der Waals surface area contributed by atoms with Gasteiger partial charge in [0.1, 0.15) is 6.54 Å².